The van der Waals surface area contributed by atoms with Gasteiger partial charge in [0.2, 0.25) is 5.56 Å². The van der Waals surface area contributed by atoms with Gasteiger partial charge in [0.05, 0.1) is 6.34 Å². The number of carbonyl (C=O) groups is 1. The van der Waals surface area contributed by atoms with Crippen molar-refractivity contribution in [3.05, 3.63) is 0 Å². The fourth-order valence-corrected chi connectivity index (χ4v) is 0.386. The van der Waals surface area contributed by atoms with Crippen LogP contribution in [0.4, 0.5) is 0 Å². The van der Waals surface area contributed by atoms with Gasteiger partial charge in [0, 0.05) is 7.05 Å². The van der Waals surface area contributed by atoms with Crippen molar-refractivity contribution in [3.8, 4) is 0 Å². The largest absolute Gasteiger partial charge is 0.369 e. The minimum atomic E-state index is -1.54. The van der Waals surface area contributed by atoms with Crippen LogP contribution in [0.25, 0.3) is 0 Å². The zero-order valence-corrected chi connectivity index (χ0v) is 5.59. The van der Waals surface area contributed by atoms with Gasteiger partial charge in [-0.2, -0.15) is 0 Å². The first-order chi connectivity index (χ1) is 4.09. The van der Waals surface area contributed by atoms with Gasteiger partial charge in [-0.1, -0.05) is 11.6 Å². The third-order valence-electron chi connectivity index (χ3n) is 0.745. The van der Waals surface area contributed by atoms with Crippen LogP contribution < -0.4 is 0 Å². The van der Waals surface area contributed by atoms with E-state index in [1.165, 1.54) is 7.05 Å². The van der Waals surface area contributed by atoms with Crippen LogP contribution in [0.15, 0.2) is 0 Å². The molecule has 5 heteroatoms. The number of aliphatic hydroxyl groups is 1. The average molecular weight is 151 g/mol. The Balaban J connectivity index is 3.87. The van der Waals surface area contributed by atoms with Crippen molar-refractivity contribution in [2.24, 2.45) is 0 Å². The number of aliphatic hydroxyl groups excluding tert-OH is 1. The Morgan fingerprint density at radius 2 is 2.44 bits per heavy atom. The van der Waals surface area contributed by atoms with E-state index in [1.54, 1.807) is 0 Å². The maximum atomic E-state index is 10.5. The third kappa shape index (κ3) is 2.43. The first-order valence-corrected chi connectivity index (χ1v) is 2.62. The molecule has 1 unspecified atom stereocenters. The Bertz CT molecular complexity index is 126. The van der Waals surface area contributed by atoms with Crippen LogP contribution >= 0.6 is 11.6 Å². The number of halogens is 1. The van der Waals surface area contributed by atoms with Crippen LogP contribution in [0.1, 0.15) is 0 Å². The molecule has 0 aromatic rings. The number of likely N-dealkylation sites (N-methyl/N-ethyl adjacent to an activating group) is 1. The number of rotatable bonds is 2. The predicted octanol–water partition coefficient (Wildman–Crippen LogP) is -0.391. The molecule has 0 heterocycles. The SMILES string of the molecule is CN(C=N)C(=O)C(O)Cl. The highest BCUT2D eigenvalue weighted by Gasteiger charge is 2.13. The van der Waals surface area contributed by atoms with Gasteiger partial charge in [-0.15, -0.1) is 0 Å². The standard InChI is InChI=1S/C4H7ClN2O2/c1-7(2-6)4(9)3(5)8/h2-3,6,8H,1H3. The molecule has 0 saturated heterocycles. The Morgan fingerprint density at radius 3 is 2.56 bits per heavy atom. The van der Waals surface area contributed by atoms with Crippen LogP contribution in [-0.2, 0) is 4.79 Å². The summed E-state index contributed by atoms with van der Waals surface area (Å²) in [5.41, 5.74) is -1.54. The zero-order valence-electron chi connectivity index (χ0n) is 4.84. The number of hydrogen-bond acceptors (Lipinski definition) is 3. The molecule has 0 rings (SSSR count). The molecule has 0 bridgehead atoms. The second-order valence-corrected chi connectivity index (χ2v) is 1.83. The van der Waals surface area contributed by atoms with Crippen molar-refractivity contribution in [2.75, 3.05) is 7.05 Å². The Labute approximate surface area is 57.5 Å². The van der Waals surface area contributed by atoms with Gasteiger partial charge in [0.15, 0.2) is 0 Å². The minimum absolute atomic E-state index is 0.702. The monoisotopic (exact) mass is 150 g/mol. The van der Waals surface area contributed by atoms with Gasteiger partial charge in [-0.3, -0.25) is 10.2 Å². The average Bonchev–Trinajstić information content (AvgIpc) is 1.84. The van der Waals surface area contributed by atoms with E-state index in [-0.39, 0.29) is 0 Å². The molecule has 4 nitrogen and oxygen atoms in total. The van der Waals surface area contributed by atoms with E-state index >= 15 is 0 Å². The lowest BCUT2D eigenvalue weighted by Crippen LogP contribution is -2.31. The second-order valence-electron chi connectivity index (χ2n) is 1.41. The second kappa shape index (κ2) is 3.42. The summed E-state index contributed by atoms with van der Waals surface area (Å²) in [5.74, 6) is -0.702. The van der Waals surface area contributed by atoms with Crippen LogP contribution in [-0.4, -0.2) is 34.9 Å². The molecule has 0 aromatic carbocycles. The van der Waals surface area contributed by atoms with Crippen molar-refractivity contribution in [1.82, 2.24) is 4.90 Å². The molecule has 0 aliphatic heterocycles. The van der Waals surface area contributed by atoms with E-state index < -0.39 is 11.5 Å². The lowest BCUT2D eigenvalue weighted by atomic mass is 10.6. The van der Waals surface area contributed by atoms with Crippen LogP contribution in [0.5, 0.6) is 0 Å². The molecule has 0 radical (unpaired) electrons. The predicted molar refractivity (Wildman–Crippen MR) is 33.4 cm³/mol. The first kappa shape index (κ1) is 8.39. The molecule has 0 fully saturated rings. The van der Waals surface area contributed by atoms with E-state index in [1.807, 2.05) is 0 Å². The molecule has 0 aliphatic rings. The van der Waals surface area contributed by atoms with Gasteiger partial charge in [0.1, 0.15) is 0 Å². The number of alkyl halides is 1. The lowest BCUT2D eigenvalue weighted by molar-refractivity contribution is -0.131. The molecular weight excluding hydrogens is 144 g/mol. The molecule has 0 saturated carbocycles. The van der Waals surface area contributed by atoms with Gasteiger partial charge in [-0.25, -0.2) is 0 Å². The number of nitrogens with zero attached hydrogens (tertiary/aromatic N) is 1. The van der Waals surface area contributed by atoms with Crippen LogP contribution in [0.2, 0.25) is 0 Å². The molecule has 0 spiro atoms. The summed E-state index contributed by atoms with van der Waals surface area (Å²) in [4.78, 5) is 11.4. The third-order valence-corrected chi connectivity index (χ3v) is 0.932. The number of carbonyl (C=O) groups excluding carboxylic acids is 1. The van der Waals surface area contributed by atoms with Crippen LogP contribution in [0, 0.1) is 5.41 Å². The molecule has 9 heavy (non-hydrogen) atoms. The highest BCUT2D eigenvalue weighted by Crippen LogP contribution is 1.93. The number of amides is 1. The number of nitrogens with one attached hydrogen (secondary N) is 1. The fourth-order valence-electron chi connectivity index (χ4n) is 0.232. The zero-order chi connectivity index (χ0) is 7.44. The van der Waals surface area contributed by atoms with Gasteiger partial charge >= 0.3 is 0 Å². The smallest absolute Gasteiger partial charge is 0.271 e. The Kier molecular flexibility index (Phi) is 3.19. The quantitative estimate of drug-likeness (QED) is 0.320. The highest BCUT2D eigenvalue weighted by atomic mass is 35.5. The lowest BCUT2D eigenvalue weighted by Gasteiger charge is -2.09. The molecule has 1 atom stereocenters. The number of hydrogen-bond donors (Lipinski definition) is 2. The first-order valence-electron chi connectivity index (χ1n) is 2.19. The summed E-state index contributed by atoms with van der Waals surface area (Å²) in [6.07, 6.45) is 0.772. The Morgan fingerprint density at radius 1 is 2.00 bits per heavy atom. The summed E-state index contributed by atoms with van der Waals surface area (Å²) in [6.45, 7) is 0. The summed E-state index contributed by atoms with van der Waals surface area (Å²) in [6, 6.07) is 0. The van der Waals surface area contributed by atoms with Gasteiger partial charge < -0.3 is 10.0 Å². The van der Waals surface area contributed by atoms with E-state index in [9.17, 15) is 4.79 Å². The van der Waals surface area contributed by atoms with Gasteiger partial charge in [-0.05, 0) is 0 Å². The van der Waals surface area contributed by atoms with E-state index in [2.05, 4.69) is 0 Å². The van der Waals surface area contributed by atoms with E-state index in [0.29, 0.717) is 0 Å². The summed E-state index contributed by atoms with van der Waals surface area (Å²) < 4.78 is 0. The molecule has 0 aromatic heterocycles. The van der Waals surface area contributed by atoms with Crippen LogP contribution in [0.3, 0.4) is 0 Å². The highest BCUT2D eigenvalue weighted by molar-refractivity contribution is 6.29. The Hall–Kier alpha value is -0.610. The van der Waals surface area contributed by atoms with Crippen molar-refractivity contribution >= 4 is 23.8 Å². The molecule has 1 amide bonds. The summed E-state index contributed by atoms with van der Waals surface area (Å²) in [5, 5.41) is 14.9. The molecule has 0 aliphatic carbocycles. The minimum Gasteiger partial charge on any atom is -0.369 e. The van der Waals surface area contributed by atoms with Gasteiger partial charge in [0.25, 0.3) is 5.91 Å². The van der Waals surface area contributed by atoms with Crippen molar-refractivity contribution in [3.63, 3.8) is 0 Å². The fraction of sp³-hybridized carbons (Fsp3) is 0.500. The maximum Gasteiger partial charge on any atom is 0.271 e. The molecule has 2 N–H and O–H groups in total. The molecular formula is C4H7ClN2O2. The topological polar surface area (TPSA) is 64.4 Å². The van der Waals surface area contributed by atoms with Crippen molar-refractivity contribution in [1.29, 1.82) is 5.41 Å². The molecule has 52 valence electrons. The van der Waals surface area contributed by atoms with E-state index in [4.69, 9.17) is 22.1 Å². The van der Waals surface area contributed by atoms with Crippen molar-refractivity contribution < 1.29 is 9.90 Å². The summed E-state index contributed by atoms with van der Waals surface area (Å²) in [7, 11) is 1.33. The summed E-state index contributed by atoms with van der Waals surface area (Å²) >= 11 is 4.96. The van der Waals surface area contributed by atoms with Crippen molar-refractivity contribution in [2.45, 2.75) is 5.56 Å². The normalized spacial score (nSPS) is 12.3. The van der Waals surface area contributed by atoms with E-state index in [0.717, 1.165) is 11.2 Å². The maximum absolute atomic E-state index is 10.5.